The van der Waals surface area contributed by atoms with Crippen LogP contribution < -0.4 is 5.73 Å². The van der Waals surface area contributed by atoms with E-state index >= 15 is 0 Å². The quantitative estimate of drug-likeness (QED) is 0.865. The predicted octanol–water partition coefficient (Wildman–Crippen LogP) is 2.68. The van der Waals surface area contributed by atoms with E-state index < -0.39 is 6.10 Å². The van der Waals surface area contributed by atoms with E-state index in [4.69, 9.17) is 5.73 Å². The van der Waals surface area contributed by atoms with Gasteiger partial charge in [-0.15, -0.1) is 0 Å². The molecule has 1 aromatic rings. The fraction of sp³-hybridized carbons (Fsp3) is 0.615. The van der Waals surface area contributed by atoms with Crippen LogP contribution in [-0.2, 0) is 0 Å². The Hall–Kier alpha value is -0.740. The Morgan fingerprint density at radius 3 is 2.88 bits per heavy atom. The topological polar surface area (TPSA) is 59.1 Å². The molecule has 17 heavy (non-hydrogen) atoms. The van der Waals surface area contributed by atoms with E-state index in [0.29, 0.717) is 5.82 Å². The maximum atomic E-state index is 10.2. The molecule has 0 aliphatic heterocycles. The van der Waals surface area contributed by atoms with Gasteiger partial charge in [0, 0.05) is 22.8 Å². The molecule has 1 unspecified atom stereocenters. The number of nitrogens with zero attached hydrogens (tertiary/aromatic N) is 1. The third-order valence-corrected chi connectivity index (χ3v) is 4.82. The largest absolute Gasteiger partial charge is 0.387 e. The molecule has 3 N–H and O–H groups in total. The first-order valence-corrected chi connectivity index (χ1v) is 7.24. The molecule has 1 aliphatic rings. The van der Waals surface area contributed by atoms with Crippen molar-refractivity contribution in [2.75, 3.05) is 11.5 Å². The first kappa shape index (κ1) is 12.7. The van der Waals surface area contributed by atoms with Gasteiger partial charge >= 0.3 is 0 Å². The highest BCUT2D eigenvalue weighted by Crippen LogP contribution is 2.33. The number of thioether (sulfide) groups is 1. The smallest absolute Gasteiger partial charge is 0.129 e. The molecule has 1 saturated carbocycles. The number of hydrogen-bond donors (Lipinski definition) is 2. The molecule has 1 fully saturated rings. The lowest BCUT2D eigenvalue weighted by Crippen LogP contribution is -2.10. The van der Waals surface area contributed by atoms with Crippen LogP contribution in [0, 0.1) is 6.92 Å². The van der Waals surface area contributed by atoms with Gasteiger partial charge in [0.05, 0.1) is 6.10 Å². The summed E-state index contributed by atoms with van der Waals surface area (Å²) < 4.78 is 0. The van der Waals surface area contributed by atoms with E-state index in [1.807, 2.05) is 24.8 Å². The average Bonchev–Trinajstić information content (AvgIpc) is 2.79. The number of pyridine rings is 1. The van der Waals surface area contributed by atoms with Crippen LogP contribution in [0.2, 0.25) is 0 Å². The van der Waals surface area contributed by atoms with Crippen molar-refractivity contribution in [3.05, 3.63) is 23.4 Å². The maximum Gasteiger partial charge on any atom is 0.129 e. The summed E-state index contributed by atoms with van der Waals surface area (Å²) in [5.74, 6) is 1.19. The molecule has 1 heterocycles. The summed E-state index contributed by atoms with van der Waals surface area (Å²) >= 11 is 1.87. The molecule has 0 spiro atoms. The van der Waals surface area contributed by atoms with Crippen LogP contribution in [0.3, 0.4) is 0 Å². The fourth-order valence-electron chi connectivity index (χ4n) is 2.39. The summed E-state index contributed by atoms with van der Waals surface area (Å²) in [6.07, 6.45) is 6.45. The van der Waals surface area contributed by atoms with Crippen LogP contribution in [0.4, 0.5) is 5.82 Å². The minimum Gasteiger partial charge on any atom is -0.387 e. The second-order valence-electron chi connectivity index (χ2n) is 4.68. The van der Waals surface area contributed by atoms with Crippen molar-refractivity contribution >= 4 is 17.6 Å². The molecule has 0 bridgehead atoms. The lowest BCUT2D eigenvalue weighted by Gasteiger charge is -2.17. The number of hydrogen-bond acceptors (Lipinski definition) is 4. The van der Waals surface area contributed by atoms with Gasteiger partial charge in [-0.25, -0.2) is 4.98 Å². The lowest BCUT2D eigenvalue weighted by atomic mass is 10.1. The predicted molar refractivity (Wildman–Crippen MR) is 73.1 cm³/mol. The SMILES string of the molecule is Cc1ccnc(N)c1C(O)CSC1CCCC1. The van der Waals surface area contributed by atoms with Crippen molar-refractivity contribution < 1.29 is 5.11 Å². The maximum absolute atomic E-state index is 10.2. The molecule has 1 atom stereocenters. The zero-order valence-corrected chi connectivity index (χ0v) is 11.0. The summed E-state index contributed by atoms with van der Waals surface area (Å²) in [4.78, 5) is 4.05. The number of nitrogens with two attached hydrogens (primary N) is 1. The van der Waals surface area contributed by atoms with E-state index in [1.54, 1.807) is 6.20 Å². The van der Waals surface area contributed by atoms with Crippen molar-refractivity contribution in [3.63, 3.8) is 0 Å². The van der Waals surface area contributed by atoms with Crippen molar-refractivity contribution in [1.29, 1.82) is 0 Å². The average molecular weight is 252 g/mol. The molecule has 2 rings (SSSR count). The minimum absolute atomic E-state index is 0.463. The first-order valence-electron chi connectivity index (χ1n) is 6.19. The van der Waals surface area contributed by atoms with Crippen molar-refractivity contribution in [3.8, 4) is 0 Å². The highest BCUT2D eigenvalue weighted by molar-refractivity contribution is 7.99. The number of aliphatic hydroxyl groups is 1. The molecule has 0 saturated heterocycles. The third kappa shape index (κ3) is 3.13. The first-order chi connectivity index (χ1) is 8.18. The summed E-state index contributed by atoms with van der Waals surface area (Å²) in [6.45, 7) is 1.97. The Labute approximate surface area is 107 Å². The van der Waals surface area contributed by atoms with E-state index in [9.17, 15) is 5.11 Å². The van der Waals surface area contributed by atoms with Crippen LogP contribution in [0.25, 0.3) is 0 Å². The van der Waals surface area contributed by atoms with Gasteiger partial charge in [-0.1, -0.05) is 12.8 Å². The Bertz CT molecular complexity index is 357. The minimum atomic E-state index is -0.491. The monoisotopic (exact) mass is 252 g/mol. The molecule has 1 aromatic heterocycles. The van der Waals surface area contributed by atoms with Crippen LogP contribution in [0.1, 0.15) is 42.9 Å². The molecule has 0 radical (unpaired) electrons. The number of aryl methyl sites for hydroxylation is 1. The number of aromatic nitrogens is 1. The van der Waals surface area contributed by atoms with Crippen LogP contribution >= 0.6 is 11.8 Å². The van der Waals surface area contributed by atoms with Gasteiger partial charge in [-0.05, 0) is 31.4 Å². The molecular weight excluding hydrogens is 232 g/mol. The van der Waals surface area contributed by atoms with Gasteiger partial charge in [0.25, 0.3) is 0 Å². The Balaban J connectivity index is 1.96. The summed E-state index contributed by atoms with van der Waals surface area (Å²) in [7, 11) is 0. The molecule has 0 amide bonds. The molecule has 1 aliphatic carbocycles. The van der Waals surface area contributed by atoms with Crippen LogP contribution in [0.15, 0.2) is 12.3 Å². The third-order valence-electron chi connectivity index (χ3n) is 3.36. The van der Waals surface area contributed by atoms with Crippen molar-refractivity contribution in [1.82, 2.24) is 4.98 Å². The molecule has 4 heteroatoms. The van der Waals surface area contributed by atoms with E-state index in [0.717, 1.165) is 22.1 Å². The number of rotatable bonds is 4. The number of aliphatic hydroxyl groups excluding tert-OH is 1. The Morgan fingerprint density at radius 1 is 1.53 bits per heavy atom. The van der Waals surface area contributed by atoms with Gasteiger partial charge in [-0.3, -0.25) is 0 Å². The molecular formula is C13H20N2OS. The van der Waals surface area contributed by atoms with E-state index in [-0.39, 0.29) is 0 Å². The number of anilines is 1. The summed E-state index contributed by atoms with van der Waals surface area (Å²) in [5.41, 5.74) is 7.65. The van der Waals surface area contributed by atoms with Crippen LogP contribution in [-0.4, -0.2) is 21.1 Å². The summed E-state index contributed by atoms with van der Waals surface area (Å²) in [6, 6.07) is 1.90. The zero-order chi connectivity index (χ0) is 12.3. The van der Waals surface area contributed by atoms with Gasteiger partial charge in [0.1, 0.15) is 5.82 Å². The lowest BCUT2D eigenvalue weighted by molar-refractivity contribution is 0.203. The Kier molecular flexibility index (Phi) is 4.29. The van der Waals surface area contributed by atoms with Gasteiger partial charge in [0.2, 0.25) is 0 Å². The highest BCUT2D eigenvalue weighted by Gasteiger charge is 2.19. The molecule has 94 valence electrons. The second-order valence-corrected chi connectivity index (χ2v) is 6.02. The normalized spacial score (nSPS) is 18.5. The fourth-order valence-corrected chi connectivity index (χ4v) is 3.68. The van der Waals surface area contributed by atoms with Crippen molar-refractivity contribution in [2.45, 2.75) is 44.0 Å². The number of nitrogen functional groups attached to an aromatic ring is 1. The Morgan fingerprint density at radius 2 is 2.24 bits per heavy atom. The van der Waals surface area contributed by atoms with Gasteiger partial charge in [0.15, 0.2) is 0 Å². The highest BCUT2D eigenvalue weighted by atomic mass is 32.2. The van der Waals surface area contributed by atoms with Gasteiger partial charge < -0.3 is 10.8 Å². The zero-order valence-electron chi connectivity index (χ0n) is 10.2. The second kappa shape index (κ2) is 5.74. The summed E-state index contributed by atoms with van der Waals surface area (Å²) in [5, 5.41) is 10.9. The standard InChI is InChI=1S/C13H20N2OS/c1-9-6-7-15-13(14)12(9)11(16)8-17-10-4-2-3-5-10/h6-7,10-11,16H,2-5,8H2,1H3,(H2,14,15). The van der Waals surface area contributed by atoms with E-state index in [2.05, 4.69) is 4.98 Å². The van der Waals surface area contributed by atoms with Crippen LogP contribution in [0.5, 0.6) is 0 Å². The van der Waals surface area contributed by atoms with Crippen molar-refractivity contribution in [2.24, 2.45) is 0 Å². The van der Waals surface area contributed by atoms with E-state index in [1.165, 1.54) is 25.7 Å². The van der Waals surface area contributed by atoms with Gasteiger partial charge in [-0.2, -0.15) is 11.8 Å². The molecule has 3 nitrogen and oxygen atoms in total. The molecule has 0 aromatic carbocycles.